The van der Waals surface area contributed by atoms with E-state index in [1.54, 1.807) is 0 Å². The predicted octanol–water partition coefficient (Wildman–Crippen LogP) is 0.312. The van der Waals surface area contributed by atoms with Crippen LogP contribution in [0.1, 0.15) is 6.42 Å². The number of rotatable bonds is 0. The summed E-state index contributed by atoms with van der Waals surface area (Å²) in [6.45, 7) is -0.0165. The molecule has 0 aromatic heterocycles. The summed E-state index contributed by atoms with van der Waals surface area (Å²) in [6.07, 6.45) is 3.07. The Kier molecular flexibility index (Phi) is 1.14. The van der Waals surface area contributed by atoms with Gasteiger partial charge in [-0.05, 0) is 6.42 Å². The zero-order chi connectivity index (χ0) is 5.11. The average Bonchev–Trinajstić information content (AvgIpc) is 2.42. The van der Waals surface area contributed by atoms with Crippen molar-refractivity contribution < 1.29 is 5.11 Å². The molecule has 0 aromatic carbocycles. The smallest absolute Gasteiger partial charge is 0.104 e. The molecular weight excluding hydrogens is 88.1 g/mol. The van der Waals surface area contributed by atoms with Crippen molar-refractivity contribution in [3.8, 4) is 11.8 Å². The molecule has 0 unspecified atom stereocenters. The molecule has 0 aliphatic heterocycles. The fourth-order valence-electron chi connectivity index (χ4n) is 0.306. The molecule has 7 heavy (non-hydrogen) atoms. The van der Waals surface area contributed by atoms with Gasteiger partial charge in [0.25, 0.3) is 0 Å². The number of allylic oxidation sites excluding steroid dienone is 2. The molecule has 0 saturated heterocycles. The molecule has 1 N–H and O–H groups in total. The van der Waals surface area contributed by atoms with Gasteiger partial charge in [0.15, 0.2) is 0 Å². The van der Waals surface area contributed by atoms with E-state index in [1.807, 2.05) is 6.08 Å². The summed E-state index contributed by atoms with van der Waals surface area (Å²) in [5.74, 6) is 5.31. The first-order valence-corrected chi connectivity index (χ1v) is 2.22. The van der Waals surface area contributed by atoms with Gasteiger partial charge < -0.3 is 5.11 Å². The lowest BCUT2D eigenvalue weighted by Gasteiger charge is -1.65. The monoisotopic (exact) mass is 94.0 g/mol. The van der Waals surface area contributed by atoms with E-state index in [4.69, 9.17) is 5.11 Å². The summed E-state index contributed by atoms with van der Waals surface area (Å²) >= 11 is 0. The molecule has 0 heterocycles. The van der Waals surface area contributed by atoms with Gasteiger partial charge in [0.1, 0.15) is 6.61 Å². The van der Waals surface area contributed by atoms with E-state index < -0.39 is 0 Å². The van der Waals surface area contributed by atoms with Gasteiger partial charge in [-0.15, -0.1) is 0 Å². The highest BCUT2D eigenvalue weighted by atomic mass is 16.2. The minimum atomic E-state index is -0.0165. The lowest BCUT2D eigenvalue weighted by atomic mass is 10.5. The molecule has 1 aliphatic carbocycles. The highest BCUT2D eigenvalue weighted by molar-refractivity contribution is 5.40. The molecule has 0 spiro atoms. The van der Waals surface area contributed by atoms with Crippen molar-refractivity contribution >= 4 is 0 Å². The minimum absolute atomic E-state index is 0.0165. The summed E-state index contributed by atoms with van der Waals surface area (Å²) in [5, 5.41) is 8.14. The Morgan fingerprint density at radius 1 is 1.86 bits per heavy atom. The predicted molar refractivity (Wildman–Crippen MR) is 27.6 cm³/mol. The Hall–Kier alpha value is -0.740. The SMILES string of the molecule is OCC#CC1=CC1. The molecule has 0 fully saturated rings. The van der Waals surface area contributed by atoms with Crippen molar-refractivity contribution in [2.24, 2.45) is 0 Å². The van der Waals surface area contributed by atoms with Crippen LogP contribution in [0.3, 0.4) is 0 Å². The summed E-state index contributed by atoms with van der Waals surface area (Å²) in [4.78, 5) is 0. The van der Waals surface area contributed by atoms with Gasteiger partial charge in [0.05, 0.1) is 0 Å². The molecule has 1 aliphatic rings. The third kappa shape index (κ3) is 1.43. The van der Waals surface area contributed by atoms with Gasteiger partial charge in [0.2, 0.25) is 0 Å². The second kappa shape index (κ2) is 1.81. The van der Waals surface area contributed by atoms with Crippen LogP contribution in [0.15, 0.2) is 11.6 Å². The molecule has 1 heteroatoms. The highest BCUT2D eigenvalue weighted by Crippen LogP contribution is 2.15. The molecule has 0 saturated carbocycles. The maximum Gasteiger partial charge on any atom is 0.104 e. The van der Waals surface area contributed by atoms with Gasteiger partial charge in [0, 0.05) is 5.57 Å². The number of hydrogen-bond donors (Lipinski definition) is 1. The van der Waals surface area contributed by atoms with Gasteiger partial charge in [-0.3, -0.25) is 0 Å². The molecule has 36 valence electrons. The largest absolute Gasteiger partial charge is 0.384 e. The first kappa shape index (κ1) is 4.42. The van der Waals surface area contributed by atoms with Crippen LogP contribution in [0, 0.1) is 11.8 Å². The van der Waals surface area contributed by atoms with E-state index in [-0.39, 0.29) is 6.61 Å². The van der Waals surface area contributed by atoms with Gasteiger partial charge in [-0.1, -0.05) is 17.9 Å². The van der Waals surface area contributed by atoms with Crippen molar-refractivity contribution in [1.82, 2.24) is 0 Å². The van der Waals surface area contributed by atoms with Crippen LogP contribution in [0.25, 0.3) is 0 Å². The second-order valence-electron chi connectivity index (χ2n) is 1.39. The zero-order valence-electron chi connectivity index (χ0n) is 3.94. The molecule has 0 bridgehead atoms. The number of hydrogen-bond acceptors (Lipinski definition) is 1. The standard InChI is InChI=1S/C6H6O/c7-5-1-2-6-3-4-6/h3,7H,4-5H2. The van der Waals surface area contributed by atoms with Crippen molar-refractivity contribution in [3.05, 3.63) is 11.6 Å². The molecular formula is C6H6O. The Balaban J connectivity index is 2.30. The Morgan fingerprint density at radius 2 is 2.57 bits per heavy atom. The zero-order valence-corrected chi connectivity index (χ0v) is 3.94. The maximum atomic E-state index is 8.14. The van der Waals surface area contributed by atoms with Crippen molar-refractivity contribution in [1.29, 1.82) is 0 Å². The van der Waals surface area contributed by atoms with Gasteiger partial charge in [-0.2, -0.15) is 0 Å². The van der Waals surface area contributed by atoms with Crippen molar-refractivity contribution in [2.75, 3.05) is 6.61 Å². The van der Waals surface area contributed by atoms with E-state index in [2.05, 4.69) is 11.8 Å². The van der Waals surface area contributed by atoms with E-state index in [1.165, 1.54) is 0 Å². The summed E-state index contributed by atoms with van der Waals surface area (Å²) in [6, 6.07) is 0. The third-order valence-corrected chi connectivity index (χ3v) is 0.736. The van der Waals surface area contributed by atoms with Crippen LogP contribution in [0.2, 0.25) is 0 Å². The van der Waals surface area contributed by atoms with Gasteiger partial charge in [-0.25, -0.2) is 0 Å². The molecule has 1 rings (SSSR count). The van der Waals surface area contributed by atoms with Crippen LogP contribution in [0.4, 0.5) is 0 Å². The van der Waals surface area contributed by atoms with E-state index in [9.17, 15) is 0 Å². The average molecular weight is 94.1 g/mol. The third-order valence-electron chi connectivity index (χ3n) is 0.736. The minimum Gasteiger partial charge on any atom is -0.384 e. The first-order chi connectivity index (χ1) is 3.43. The molecule has 1 nitrogen and oxygen atoms in total. The van der Waals surface area contributed by atoms with E-state index in [0.717, 1.165) is 12.0 Å². The van der Waals surface area contributed by atoms with Crippen LogP contribution in [0.5, 0.6) is 0 Å². The van der Waals surface area contributed by atoms with Crippen LogP contribution in [-0.4, -0.2) is 11.7 Å². The normalized spacial score (nSPS) is 14.1. The first-order valence-electron chi connectivity index (χ1n) is 2.22. The highest BCUT2D eigenvalue weighted by Gasteiger charge is 1.99. The number of aliphatic hydroxyl groups is 1. The van der Waals surface area contributed by atoms with Crippen molar-refractivity contribution in [3.63, 3.8) is 0 Å². The molecule has 0 aromatic rings. The quantitative estimate of drug-likeness (QED) is 0.428. The van der Waals surface area contributed by atoms with E-state index in [0.29, 0.717) is 0 Å². The second-order valence-corrected chi connectivity index (χ2v) is 1.39. The molecule has 0 atom stereocenters. The maximum absolute atomic E-state index is 8.14. The Labute approximate surface area is 42.7 Å². The topological polar surface area (TPSA) is 20.2 Å². The van der Waals surface area contributed by atoms with Gasteiger partial charge >= 0.3 is 0 Å². The Bertz CT molecular complexity index is 145. The fraction of sp³-hybridized carbons (Fsp3) is 0.333. The summed E-state index contributed by atoms with van der Waals surface area (Å²) in [5.41, 5.74) is 1.16. The fourth-order valence-corrected chi connectivity index (χ4v) is 0.306. The van der Waals surface area contributed by atoms with Crippen LogP contribution in [-0.2, 0) is 0 Å². The summed E-state index contributed by atoms with van der Waals surface area (Å²) in [7, 11) is 0. The lowest BCUT2D eigenvalue weighted by molar-refractivity contribution is 0.350. The van der Waals surface area contributed by atoms with Crippen LogP contribution < -0.4 is 0 Å². The van der Waals surface area contributed by atoms with Crippen LogP contribution >= 0.6 is 0 Å². The molecule has 0 amide bonds. The lowest BCUT2D eigenvalue weighted by Crippen LogP contribution is -1.68. The Morgan fingerprint density at radius 3 is 3.00 bits per heavy atom. The number of aliphatic hydroxyl groups excluding tert-OH is 1. The molecule has 0 radical (unpaired) electrons. The van der Waals surface area contributed by atoms with Crippen molar-refractivity contribution in [2.45, 2.75) is 6.42 Å². The van der Waals surface area contributed by atoms with E-state index >= 15 is 0 Å². The summed E-state index contributed by atoms with van der Waals surface area (Å²) < 4.78 is 0.